The van der Waals surface area contributed by atoms with Gasteiger partial charge in [0, 0.05) is 31.6 Å². The summed E-state index contributed by atoms with van der Waals surface area (Å²) in [4.78, 5) is 30.7. The van der Waals surface area contributed by atoms with Crippen LogP contribution < -0.4 is 10.6 Å². The predicted molar refractivity (Wildman–Crippen MR) is 130 cm³/mol. The van der Waals surface area contributed by atoms with Gasteiger partial charge in [0.1, 0.15) is 17.8 Å². The number of rotatable bonds is 12. The van der Waals surface area contributed by atoms with E-state index in [0.29, 0.717) is 42.8 Å². The van der Waals surface area contributed by atoms with Crippen LogP contribution in [0.25, 0.3) is 0 Å². The van der Waals surface area contributed by atoms with Crippen LogP contribution in [0.4, 0.5) is 11.4 Å². The summed E-state index contributed by atoms with van der Waals surface area (Å²) in [6, 6.07) is 9.36. The van der Waals surface area contributed by atoms with E-state index in [9.17, 15) is 14.9 Å². The van der Waals surface area contributed by atoms with Gasteiger partial charge in [-0.1, -0.05) is 23.0 Å². The van der Waals surface area contributed by atoms with Crippen molar-refractivity contribution in [3.8, 4) is 6.07 Å². The van der Waals surface area contributed by atoms with Crippen LogP contribution in [0.15, 0.2) is 39.9 Å². The molecule has 1 unspecified atom stereocenters. The molecule has 1 aliphatic rings. The number of nitriles is 1. The van der Waals surface area contributed by atoms with Gasteiger partial charge in [-0.2, -0.15) is 10.2 Å². The van der Waals surface area contributed by atoms with Crippen LogP contribution in [0.3, 0.4) is 0 Å². The van der Waals surface area contributed by atoms with Gasteiger partial charge in [0.2, 0.25) is 17.7 Å². The van der Waals surface area contributed by atoms with Crippen LogP contribution in [0.2, 0.25) is 0 Å². The Bertz CT molecular complexity index is 1100. The Balaban J connectivity index is 1.60. The van der Waals surface area contributed by atoms with Gasteiger partial charge in [-0.3, -0.25) is 9.59 Å². The first-order chi connectivity index (χ1) is 16.9. The number of thioether (sulfide) groups is 1. The minimum atomic E-state index is -0.744. The summed E-state index contributed by atoms with van der Waals surface area (Å²) in [5.41, 5.74) is 1.37. The highest BCUT2D eigenvalue weighted by Crippen LogP contribution is 2.37. The highest BCUT2D eigenvalue weighted by atomic mass is 32.2. The molecule has 1 saturated heterocycles. The molecule has 2 atom stereocenters. The molecule has 3 rings (SSSR count). The Kier molecular flexibility index (Phi) is 9.66. The molecule has 2 amide bonds. The van der Waals surface area contributed by atoms with E-state index in [4.69, 9.17) is 14.0 Å². The molecular weight excluding hydrogens is 472 g/mol. The van der Waals surface area contributed by atoms with Crippen molar-refractivity contribution in [1.82, 2.24) is 15.0 Å². The second-order valence-electron chi connectivity index (χ2n) is 7.54. The van der Waals surface area contributed by atoms with Gasteiger partial charge < -0.3 is 29.5 Å². The number of nitrogens with zero attached hydrogens (tertiary/aromatic N) is 4. The second kappa shape index (κ2) is 12.9. The van der Waals surface area contributed by atoms with Crippen molar-refractivity contribution >= 4 is 35.0 Å². The molecule has 0 spiro atoms. The highest BCUT2D eigenvalue weighted by molar-refractivity contribution is 8.04. The molecule has 2 N–H and O–H groups in total. The fourth-order valence-electron chi connectivity index (χ4n) is 3.28. The number of hydrogen-bond acceptors (Lipinski definition) is 10. The lowest BCUT2D eigenvalue weighted by molar-refractivity contribution is -0.127. The first-order valence-electron chi connectivity index (χ1n) is 11.0. The third-order valence-corrected chi connectivity index (χ3v) is 6.20. The molecule has 1 aromatic heterocycles. The fraction of sp³-hybridized carbons (Fsp3) is 0.435. The predicted octanol–water partition coefficient (Wildman–Crippen LogP) is 2.50. The first-order valence-corrected chi connectivity index (χ1v) is 11.9. The molecule has 0 radical (unpaired) electrons. The molecule has 1 aliphatic heterocycles. The molecule has 1 aromatic carbocycles. The van der Waals surface area contributed by atoms with Crippen LogP contribution in [0.1, 0.15) is 24.6 Å². The first kappa shape index (κ1) is 26.2. The molecule has 12 heteroatoms. The van der Waals surface area contributed by atoms with E-state index in [0.717, 1.165) is 5.69 Å². The van der Waals surface area contributed by atoms with Gasteiger partial charge in [-0.05, 0) is 38.1 Å². The lowest BCUT2D eigenvalue weighted by Crippen LogP contribution is -2.32. The van der Waals surface area contributed by atoms with Crippen molar-refractivity contribution in [1.29, 1.82) is 5.26 Å². The van der Waals surface area contributed by atoms with Crippen molar-refractivity contribution < 1.29 is 23.6 Å². The van der Waals surface area contributed by atoms with Crippen molar-refractivity contribution in [2.75, 3.05) is 50.7 Å². The van der Waals surface area contributed by atoms with Gasteiger partial charge >= 0.3 is 0 Å². The quantitative estimate of drug-likeness (QED) is 0.417. The zero-order valence-corrected chi connectivity index (χ0v) is 20.6. The second-order valence-corrected chi connectivity index (χ2v) is 8.76. The summed E-state index contributed by atoms with van der Waals surface area (Å²) in [6.45, 7) is 5.10. The Morgan fingerprint density at radius 3 is 2.89 bits per heavy atom. The molecule has 35 heavy (non-hydrogen) atoms. The zero-order chi connectivity index (χ0) is 25.2. The van der Waals surface area contributed by atoms with Crippen molar-refractivity contribution in [2.45, 2.75) is 25.0 Å². The minimum absolute atomic E-state index is 0.0488. The molecular formula is C23H28N6O5S. The number of carbonyl (C=O) groups is 2. The lowest BCUT2D eigenvalue weighted by atomic mass is 10.1. The number of carbonyl (C=O) groups excluding carboxylic acids is 2. The summed E-state index contributed by atoms with van der Waals surface area (Å²) < 4.78 is 15.2. The van der Waals surface area contributed by atoms with E-state index in [2.05, 4.69) is 26.8 Å². The van der Waals surface area contributed by atoms with E-state index < -0.39 is 5.92 Å². The zero-order valence-electron chi connectivity index (χ0n) is 19.8. The third-order valence-electron chi connectivity index (χ3n) is 4.95. The summed E-state index contributed by atoms with van der Waals surface area (Å²) >= 11 is 1.38. The topological polar surface area (TPSA) is 143 Å². The molecule has 11 nitrogen and oxygen atoms in total. The maximum absolute atomic E-state index is 12.9. The minimum Gasteiger partial charge on any atom is -0.383 e. The van der Waals surface area contributed by atoms with Crippen LogP contribution in [-0.2, 0) is 19.1 Å². The SMILES string of the molecule is CCN1C(=O)C(CNc2cccc(NC(=O)COCCOC)c2)S/C1=C\[C@H](C#N)c1nc(C)no1. The Hall–Kier alpha value is -3.40. The number of ether oxygens (including phenoxy) is 2. The number of aryl methyl sites for hydroxylation is 1. The summed E-state index contributed by atoms with van der Waals surface area (Å²) in [5, 5.41) is 19.6. The van der Waals surface area contributed by atoms with Crippen molar-refractivity contribution in [3.63, 3.8) is 0 Å². The van der Waals surface area contributed by atoms with Gasteiger partial charge in [-0.25, -0.2) is 0 Å². The number of amides is 2. The standard InChI is InChI=1S/C23H28N6O5S/c1-4-29-21(10-16(12-24)22-26-15(2)28-34-22)35-19(23(29)31)13-25-17-6-5-7-18(11-17)27-20(30)14-33-9-8-32-3/h5-7,10-11,16,19,25H,4,8-9,13-14H2,1-3H3,(H,27,30)/b21-10-/t16-,19?/m1/s1. The number of allylic oxidation sites excluding steroid dienone is 1. The average molecular weight is 501 g/mol. The maximum Gasteiger partial charge on any atom is 0.250 e. The molecule has 0 aliphatic carbocycles. The number of aromatic nitrogens is 2. The monoisotopic (exact) mass is 500 g/mol. The maximum atomic E-state index is 12.9. The molecule has 2 heterocycles. The Morgan fingerprint density at radius 2 is 2.20 bits per heavy atom. The third kappa shape index (κ3) is 7.29. The van der Waals surface area contributed by atoms with E-state index in [-0.39, 0.29) is 29.6 Å². The van der Waals surface area contributed by atoms with E-state index in [1.54, 1.807) is 43.2 Å². The van der Waals surface area contributed by atoms with Gasteiger partial charge in [0.15, 0.2) is 5.82 Å². The van der Waals surface area contributed by atoms with Gasteiger partial charge in [-0.15, -0.1) is 0 Å². The fourth-order valence-corrected chi connectivity index (χ4v) is 4.53. The van der Waals surface area contributed by atoms with E-state index in [1.165, 1.54) is 11.8 Å². The number of nitrogens with one attached hydrogen (secondary N) is 2. The summed E-state index contributed by atoms with van der Waals surface area (Å²) in [5.74, 6) is -0.415. The van der Waals surface area contributed by atoms with Gasteiger partial charge in [0.05, 0.1) is 24.3 Å². The number of hydrogen-bond donors (Lipinski definition) is 2. The van der Waals surface area contributed by atoms with E-state index >= 15 is 0 Å². The van der Waals surface area contributed by atoms with Gasteiger partial charge in [0.25, 0.3) is 0 Å². The lowest BCUT2D eigenvalue weighted by Gasteiger charge is -2.15. The normalized spacial score (nSPS) is 17.4. The van der Waals surface area contributed by atoms with Crippen LogP contribution in [0.5, 0.6) is 0 Å². The van der Waals surface area contributed by atoms with E-state index in [1.807, 2.05) is 13.0 Å². The largest absolute Gasteiger partial charge is 0.383 e. The van der Waals surface area contributed by atoms with Crippen LogP contribution >= 0.6 is 11.8 Å². The number of anilines is 2. The van der Waals surface area contributed by atoms with Crippen molar-refractivity contribution in [3.05, 3.63) is 47.1 Å². The summed E-state index contributed by atoms with van der Waals surface area (Å²) in [7, 11) is 1.57. The Morgan fingerprint density at radius 1 is 1.40 bits per heavy atom. The van der Waals surface area contributed by atoms with Crippen LogP contribution in [-0.4, -0.2) is 72.1 Å². The molecule has 1 fully saturated rings. The summed E-state index contributed by atoms with van der Waals surface area (Å²) in [6.07, 6.45) is 1.68. The van der Waals surface area contributed by atoms with Crippen molar-refractivity contribution in [2.24, 2.45) is 0 Å². The smallest absolute Gasteiger partial charge is 0.250 e. The number of methoxy groups -OCH3 is 1. The molecule has 0 bridgehead atoms. The molecule has 2 aromatic rings. The van der Waals surface area contributed by atoms with Crippen LogP contribution in [0, 0.1) is 18.3 Å². The highest BCUT2D eigenvalue weighted by Gasteiger charge is 2.36. The molecule has 0 saturated carbocycles. The Labute approximate surface area is 207 Å². The number of benzene rings is 1. The average Bonchev–Trinajstić information content (AvgIpc) is 3.41. The molecule has 186 valence electrons.